The standard InChI is InChI=1S/C13H17N3O/c1-13(17)6-7-14-9-12(13)16-11-5-3-2-4-10(11)8-15-16/h2-5,8,12,14,17H,6-7,9H2,1H3. The van der Waals surface area contributed by atoms with Gasteiger partial charge in [-0.05, 0) is 26.0 Å². The molecule has 1 aliphatic rings. The monoisotopic (exact) mass is 231 g/mol. The Kier molecular flexibility index (Phi) is 2.42. The Labute approximate surface area is 100 Å². The van der Waals surface area contributed by atoms with Gasteiger partial charge in [0.15, 0.2) is 0 Å². The summed E-state index contributed by atoms with van der Waals surface area (Å²) >= 11 is 0. The third-order valence-corrected chi connectivity index (χ3v) is 3.66. The van der Waals surface area contributed by atoms with Gasteiger partial charge in [0.05, 0.1) is 23.4 Å². The first-order valence-corrected chi connectivity index (χ1v) is 6.04. The van der Waals surface area contributed by atoms with Gasteiger partial charge in [0, 0.05) is 11.9 Å². The summed E-state index contributed by atoms with van der Waals surface area (Å²) in [5.74, 6) is 0. The fourth-order valence-electron chi connectivity index (χ4n) is 2.56. The van der Waals surface area contributed by atoms with E-state index in [0.29, 0.717) is 0 Å². The maximum Gasteiger partial charge on any atom is 0.0935 e. The highest BCUT2D eigenvalue weighted by Crippen LogP contribution is 2.30. The van der Waals surface area contributed by atoms with Crippen molar-refractivity contribution in [3.05, 3.63) is 30.5 Å². The van der Waals surface area contributed by atoms with Crippen molar-refractivity contribution in [1.29, 1.82) is 0 Å². The molecule has 2 aromatic rings. The highest BCUT2D eigenvalue weighted by Gasteiger charge is 2.36. The number of nitrogens with one attached hydrogen (secondary N) is 1. The quantitative estimate of drug-likeness (QED) is 0.778. The van der Waals surface area contributed by atoms with Crippen molar-refractivity contribution in [3.8, 4) is 0 Å². The zero-order chi connectivity index (χ0) is 11.9. The topological polar surface area (TPSA) is 50.1 Å². The molecule has 1 aromatic heterocycles. The molecule has 0 radical (unpaired) electrons. The second-order valence-corrected chi connectivity index (χ2v) is 4.98. The average Bonchev–Trinajstić information content (AvgIpc) is 2.72. The lowest BCUT2D eigenvalue weighted by atomic mass is 9.89. The first kappa shape index (κ1) is 10.7. The number of hydrogen-bond donors (Lipinski definition) is 2. The molecule has 0 aliphatic carbocycles. The first-order valence-electron chi connectivity index (χ1n) is 6.04. The number of aliphatic hydroxyl groups is 1. The molecular formula is C13H17N3O. The Morgan fingerprint density at radius 1 is 1.47 bits per heavy atom. The van der Waals surface area contributed by atoms with Crippen LogP contribution in [0, 0.1) is 0 Å². The first-order chi connectivity index (χ1) is 8.18. The number of fused-ring (bicyclic) bond motifs is 1. The van der Waals surface area contributed by atoms with E-state index in [1.165, 1.54) is 0 Å². The summed E-state index contributed by atoms with van der Waals surface area (Å²) in [7, 11) is 0. The molecule has 2 unspecified atom stereocenters. The number of rotatable bonds is 1. The van der Waals surface area contributed by atoms with Gasteiger partial charge in [-0.15, -0.1) is 0 Å². The lowest BCUT2D eigenvalue weighted by Crippen LogP contribution is -2.49. The van der Waals surface area contributed by atoms with E-state index < -0.39 is 5.60 Å². The maximum atomic E-state index is 10.5. The lowest BCUT2D eigenvalue weighted by molar-refractivity contribution is -0.0198. The SMILES string of the molecule is CC1(O)CCNCC1n1ncc2ccccc21. The van der Waals surface area contributed by atoms with E-state index in [0.717, 1.165) is 30.4 Å². The van der Waals surface area contributed by atoms with Crippen LogP contribution in [0.2, 0.25) is 0 Å². The molecule has 1 saturated heterocycles. The van der Waals surface area contributed by atoms with Gasteiger partial charge in [-0.1, -0.05) is 18.2 Å². The van der Waals surface area contributed by atoms with Crippen LogP contribution in [0.3, 0.4) is 0 Å². The van der Waals surface area contributed by atoms with Crippen molar-refractivity contribution in [1.82, 2.24) is 15.1 Å². The van der Waals surface area contributed by atoms with Gasteiger partial charge in [-0.25, -0.2) is 0 Å². The van der Waals surface area contributed by atoms with E-state index in [1.807, 2.05) is 42.1 Å². The summed E-state index contributed by atoms with van der Waals surface area (Å²) in [4.78, 5) is 0. The molecule has 0 saturated carbocycles. The van der Waals surface area contributed by atoms with Crippen LogP contribution >= 0.6 is 0 Å². The Hall–Kier alpha value is -1.39. The summed E-state index contributed by atoms with van der Waals surface area (Å²) in [5.41, 5.74) is 0.390. The van der Waals surface area contributed by atoms with Gasteiger partial charge in [0.25, 0.3) is 0 Å². The predicted molar refractivity (Wildman–Crippen MR) is 66.9 cm³/mol. The predicted octanol–water partition coefficient (Wildman–Crippen LogP) is 1.32. The minimum absolute atomic E-state index is 0.00356. The van der Waals surface area contributed by atoms with E-state index in [1.54, 1.807) is 0 Å². The normalized spacial score (nSPS) is 29.6. The smallest absolute Gasteiger partial charge is 0.0935 e. The van der Waals surface area contributed by atoms with Gasteiger partial charge in [0.2, 0.25) is 0 Å². The molecule has 90 valence electrons. The number of hydrogen-bond acceptors (Lipinski definition) is 3. The Morgan fingerprint density at radius 3 is 3.12 bits per heavy atom. The van der Waals surface area contributed by atoms with Gasteiger partial charge < -0.3 is 10.4 Å². The van der Waals surface area contributed by atoms with Crippen molar-refractivity contribution in [3.63, 3.8) is 0 Å². The van der Waals surface area contributed by atoms with Crippen LogP contribution in [-0.2, 0) is 0 Å². The van der Waals surface area contributed by atoms with Crippen LogP contribution in [0.4, 0.5) is 0 Å². The lowest BCUT2D eigenvalue weighted by Gasteiger charge is -2.37. The van der Waals surface area contributed by atoms with Crippen LogP contribution in [-0.4, -0.2) is 33.6 Å². The summed E-state index contributed by atoms with van der Waals surface area (Å²) in [6, 6.07) is 8.10. The third kappa shape index (κ3) is 1.73. The van der Waals surface area contributed by atoms with E-state index in [9.17, 15) is 5.11 Å². The molecule has 2 N–H and O–H groups in total. The van der Waals surface area contributed by atoms with Crippen molar-refractivity contribution in [2.24, 2.45) is 0 Å². The minimum atomic E-state index is -0.694. The molecule has 2 heterocycles. The maximum absolute atomic E-state index is 10.5. The van der Waals surface area contributed by atoms with Crippen molar-refractivity contribution in [2.75, 3.05) is 13.1 Å². The van der Waals surface area contributed by atoms with E-state index >= 15 is 0 Å². The second kappa shape index (κ2) is 3.82. The van der Waals surface area contributed by atoms with Gasteiger partial charge >= 0.3 is 0 Å². The highest BCUT2D eigenvalue weighted by atomic mass is 16.3. The molecule has 17 heavy (non-hydrogen) atoms. The van der Waals surface area contributed by atoms with Gasteiger partial charge in [-0.2, -0.15) is 5.10 Å². The largest absolute Gasteiger partial charge is 0.388 e. The van der Waals surface area contributed by atoms with Gasteiger partial charge in [0.1, 0.15) is 0 Å². The van der Waals surface area contributed by atoms with Crippen LogP contribution in [0.1, 0.15) is 19.4 Å². The minimum Gasteiger partial charge on any atom is -0.388 e. The highest BCUT2D eigenvalue weighted by molar-refractivity contribution is 5.78. The number of piperidine rings is 1. The van der Waals surface area contributed by atoms with E-state index in [-0.39, 0.29) is 6.04 Å². The molecule has 1 fully saturated rings. The fraction of sp³-hybridized carbons (Fsp3) is 0.462. The zero-order valence-electron chi connectivity index (χ0n) is 9.93. The number of aromatic nitrogens is 2. The van der Waals surface area contributed by atoms with Crippen LogP contribution < -0.4 is 5.32 Å². The zero-order valence-corrected chi connectivity index (χ0v) is 9.93. The van der Waals surface area contributed by atoms with Gasteiger partial charge in [-0.3, -0.25) is 4.68 Å². The van der Waals surface area contributed by atoms with E-state index in [2.05, 4.69) is 10.4 Å². The summed E-state index contributed by atoms with van der Waals surface area (Å²) < 4.78 is 1.95. The molecule has 4 nitrogen and oxygen atoms in total. The average molecular weight is 231 g/mol. The number of para-hydroxylation sites is 1. The Bertz CT molecular complexity index is 532. The van der Waals surface area contributed by atoms with Crippen LogP contribution in [0.5, 0.6) is 0 Å². The molecule has 1 aliphatic heterocycles. The number of benzene rings is 1. The third-order valence-electron chi connectivity index (χ3n) is 3.66. The molecule has 0 amide bonds. The molecule has 4 heteroatoms. The summed E-state index contributed by atoms with van der Waals surface area (Å²) in [5, 5.41) is 19.3. The summed E-state index contributed by atoms with van der Waals surface area (Å²) in [6.07, 6.45) is 2.62. The fourth-order valence-corrected chi connectivity index (χ4v) is 2.56. The van der Waals surface area contributed by atoms with Crippen LogP contribution in [0.25, 0.3) is 10.9 Å². The van der Waals surface area contributed by atoms with Crippen molar-refractivity contribution >= 4 is 10.9 Å². The molecule has 0 bridgehead atoms. The molecule has 2 atom stereocenters. The second-order valence-electron chi connectivity index (χ2n) is 4.98. The van der Waals surface area contributed by atoms with Crippen molar-refractivity contribution < 1.29 is 5.11 Å². The summed E-state index contributed by atoms with van der Waals surface area (Å²) in [6.45, 7) is 3.52. The van der Waals surface area contributed by atoms with Crippen molar-refractivity contribution in [2.45, 2.75) is 25.0 Å². The molecular weight excluding hydrogens is 214 g/mol. The van der Waals surface area contributed by atoms with E-state index in [4.69, 9.17) is 0 Å². The number of nitrogens with zero attached hydrogens (tertiary/aromatic N) is 2. The van der Waals surface area contributed by atoms with Crippen LogP contribution in [0.15, 0.2) is 30.5 Å². The Balaban J connectivity index is 2.08. The Morgan fingerprint density at radius 2 is 2.29 bits per heavy atom. The molecule has 1 aromatic carbocycles. The molecule has 0 spiro atoms. The molecule has 3 rings (SSSR count).